The fourth-order valence-corrected chi connectivity index (χ4v) is 1.73. The Kier molecular flexibility index (Phi) is 10.2. The number of carbonyl (C=O) groups is 1. The number of esters is 1. The minimum atomic E-state index is -0.954. The molecule has 0 aromatic rings. The number of hydrogen-bond acceptors (Lipinski definition) is 3. The minimum absolute atomic E-state index is 0.0228. The van der Waals surface area contributed by atoms with Crippen LogP contribution in [0.3, 0.4) is 0 Å². The standard InChI is InChI=1S/C14H28O3/c1-4-7-8-9-10-11-12(5-2)17-14(16)13(15)6-3/h12-13,15H,4-11H2,1-3H3. The van der Waals surface area contributed by atoms with Gasteiger partial charge in [-0.25, -0.2) is 4.79 Å². The predicted octanol–water partition coefficient (Wildman–Crippen LogP) is 3.44. The number of aliphatic hydroxyl groups is 1. The maximum atomic E-state index is 11.4. The largest absolute Gasteiger partial charge is 0.460 e. The van der Waals surface area contributed by atoms with Gasteiger partial charge in [0.1, 0.15) is 6.10 Å². The normalized spacial score (nSPS) is 14.4. The van der Waals surface area contributed by atoms with E-state index in [2.05, 4.69) is 6.92 Å². The first-order valence-corrected chi connectivity index (χ1v) is 7.04. The lowest BCUT2D eigenvalue weighted by molar-refractivity contribution is -0.159. The molecule has 0 spiro atoms. The third-order valence-electron chi connectivity index (χ3n) is 3.03. The smallest absolute Gasteiger partial charge is 0.335 e. The zero-order chi connectivity index (χ0) is 13.1. The highest BCUT2D eigenvalue weighted by Gasteiger charge is 2.18. The van der Waals surface area contributed by atoms with Crippen LogP contribution in [0.15, 0.2) is 0 Å². The Labute approximate surface area is 106 Å². The van der Waals surface area contributed by atoms with Gasteiger partial charge in [-0.15, -0.1) is 0 Å². The molecule has 0 aliphatic heterocycles. The first kappa shape index (κ1) is 16.4. The molecule has 0 aromatic carbocycles. The quantitative estimate of drug-likeness (QED) is 0.473. The average molecular weight is 244 g/mol. The molecule has 0 aromatic heterocycles. The highest BCUT2D eigenvalue weighted by Crippen LogP contribution is 2.13. The van der Waals surface area contributed by atoms with E-state index in [9.17, 15) is 9.90 Å². The van der Waals surface area contributed by atoms with E-state index < -0.39 is 12.1 Å². The maximum Gasteiger partial charge on any atom is 0.335 e. The van der Waals surface area contributed by atoms with Crippen LogP contribution in [-0.2, 0) is 9.53 Å². The molecular formula is C14H28O3. The fraction of sp³-hybridized carbons (Fsp3) is 0.929. The van der Waals surface area contributed by atoms with Gasteiger partial charge in [0.15, 0.2) is 6.10 Å². The van der Waals surface area contributed by atoms with E-state index in [1.807, 2.05) is 6.92 Å². The van der Waals surface area contributed by atoms with Crippen molar-refractivity contribution in [3.63, 3.8) is 0 Å². The average Bonchev–Trinajstić information content (AvgIpc) is 2.35. The third-order valence-corrected chi connectivity index (χ3v) is 3.03. The van der Waals surface area contributed by atoms with Crippen LogP contribution in [0.4, 0.5) is 0 Å². The molecule has 2 atom stereocenters. The molecule has 0 amide bonds. The second-order valence-corrected chi connectivity index (χ2v) is 4.59. The molecule has 0 aliphatic carbocycles. The van der Waals surface area contributed by atoms with Gasteiger partial charge in [0.05, 0.1) is 0 Å². The van der Waals surface area contributed by atoms with Gasteiger partial charge in [0.25, 0.3) is 0 Å². The van der Waals surface area contributed by atoms with E-state index in [1.54, 1.807) is 6.92 Å². The van der Waals surface area contributed by atoms with Crippen molar-refractivity contribution < 1.29 is 14.6 Å². The number of unbranched alkanes of at least 4 members (excludes halogenated alkanes) is 4. The van der Waals surface area contributed by atoms with Crippen molar-refractivity contribution in [1.82, 2.24) is 0 Å². The van der Waals surface area contributed by atoms with Gasteiger partial charge >= 0.3 is 5.97 Å². The van der Waals surface area contributed by atoms with Gasteiger partial charge in [0.2, 0.25) is 0 Å². The van der Waals surface area contributed by atoms with Gasteiger partial charge < -0.3 is 9.84 Å². The highest BCUT2D eigenvalue weighted by molar-refractivity contribution is 5.74. The number of rotatable bonds is 10. The molecule has 17 heavy (non-hydrogen) atoms. The Balaban J connectivity index is 3.72. The zero-order valence-electron chi connectivity index (χ0n) is 11.6. The summed E-state index contributed by atoms with van der Waals surface area (Å²) in [5.41, 5.74) is 0. The highest BCUT2D eigenvalue weighted by atomic mass is 16.6. The van der Waals surface area contributed by atoms with Gasteiger partial charge in [-0.05, 0) is 25.7 Å². The van der Waals surface area contributed by atoms with E-state index in [-0.39, 0.29) is 6.10 Å². The van der Waals surface area contributed by atoms with Crippen LogP contribution < -0.4 is 0 Å². The molecule has 0 rings (SSSR count). The van der Waals surface area contributed by atoms with Crippen molar-refractivity contribution in [2.75, 3.05) is 0 Å². The molecule has 102 valence electrons. The molecule has 2 unspecified atom stereocenters. The van der Waals surface area contributed by atoms with Gasteiger partial charge in [-0.2, -0.15) is 0 Å². The van der Waals surface area contributed by atoms with E-state index in [0.29, 0.717) is 6.42 Å². The Morgan fingerprint density at radius 2 is 1.71 bits per heavy atom. The summed E-state index contributed by atoms with van der Waals surface area (Å²) in [5, 5.41) is 9.34. The van der Waals surface area contributed by atoms with Crippen LogP contribution in [0.25, 0.3) is 0 Å². The molecule has 0 fully saturated rings. The molecule has 0 heterocycles. The number of aliphatic hydroxyl groups excluding tert-OH is 1. The van der Waals surface area contributed by atoms with Crippen LogP contribution in [0.1, 0.15) is 72.1 Å². The van der Waals surface area contributed by atoms with Crippen molar-refractivity contribution in [2.45, 2.75) is 84.3 Å². The molecule has 0 saturated carbocycles. The van der Waals surface area contributed by atoms with Crippen LogP contribution in [0.5, 0.6) is 0 Å². The number of hydrogen-bond donors (Lipinski definition) is 1. The molecule has 3 nitrogen and oxygen atoms in total. The summed E-state index contributed by atoms with van der Waals surface area (Å²) in [4.78, 5) is 11.4. The Morgan fingerprint density at radius 3 is 2.24 bits per heavy atom. The third kappa shape index (κ3) is 8.19. The Hall–Kier alpha value is -0.570. The molecule has 3 heteroatoms. The van der Waals surface area contributed by atoms with Crippen LogP contribution in [0, 0.1) is 0 Å². The van der Waals surface area contributed by atoms with E-state index in [0.717, 1.165) is 19.3 Å². The van der Waals surface area contributed by atoms with Gasteiger partial charge in [0, 0.05) is 0 Å². The first-order chi connectivity index (χ1) is 8.15. The lowest BCUT2D eigenvalue weighted by Crippen LogP contribution is -2.27. The first-order valence-electron chi connectivity index (χ1n) is 7.04. The van der Waals surface area contributed by atoms with Gasteiger partial charge in [-0.1, -0.05) is 46.5 Å². The Morgan fingerprint density at radius 1 is 1.06 bits per heavy atom. The summed E-state index contributed by atoms with van der Waals surface area (Å²) in [6.45, 7) is 5.99. The summed E-state index contributed by atoms with van der Waals surface area (Å²) in [5.74, 6) is -0.465. The zero-order valence-corrected chi connectivity index (χ0v) is 11.6. The summed E-state index contributed by atoms with van der Waals surface area (Å²) < 4.78 is 5.27. The van der Waals surface area contributed by atoms with E-state index >= 15 is 0 Å². The summed E-state index contributed by atoms with van der Waals surface area (Å²) >= 11 is 0. The van der Waals surface area contributed by atoms with Crippen LogP contribution in [0.2, 0.25) is 0 Å². The maximum absolute atomic E-state index is 11.4. The number of ether oxygens (including phenoxy) is 1. The van der Waals surface area contributed by atoms with E-state index in [1.165, 1.54) is 25.7 Å². The molecule has 1 N–H and O–H groups in total. The Bertz CT molecular complexity index is 192. The number of carbonyl (C=O) groups excluding carboxylic acids is 1. The second-order valence-electron chi connectivity index (χ2n) is 4.59. The van der Waals surface area contributed by atoms with Crippen molar-refractivity contribution in [2.24, 2.45) is 0 Å². The monoisotopic (exact) mass is 244 g/mol. The predicted molar refractivity (Wildman–Crippen MR) is 69.8 cm³/mol. The van der Waals surface area contributed by atoms with Crippen molar-refractivity contribution >= 4 is 5.97 Å². The summed E-state index contributed by atoms with van der Waals surface area (Å²) in [6, 6.07) is 0. The minimum Gasteiger partial charge on any atom is -0.460 e. The molecular weight excluding hydrogens is 216 g/mol. The summed E-state index contributed by atoms with van der Waals surface area (Å²) in [7, 11) is 0. The SMILES string of the molecule is CCCCCCCC(CC)OC(=O)C(O)CC. The second kappa shape index (κ2) is 10.6. The topological polar surface area (TPSA) is 46.5 Å². The lowest BCUT2D eigenvalue weighted by Gasteiger charge is -2.17. The molecule has 0 radical (unpaired) electrons. The van der Waals surface area contributed by atoms with Crippen molar-refractivity contribution in [3.05, 3.63) is 0 Å². The van der Waals surface area contributed by atoms with E-state index in [4.69, 9.17) is 4.74 Å². The fourth-order valence-electron chi connectivity index (χ4n) is 1.73. The molecule has 0 bridgehead atoms. The van der Waals surface area contributed by atoms with Crippen molar-refractivity contribution in [3.8, 4) is 0 Å². The van der Waals surface area contributed by atoms with Crippen molar-refractivity contribution in [1.29, 1.82) is 0 Å². The van der Waals surface area contributed by atoms with Gasteiger partial charge in [-0.3, -0.25) is 0 Å². The van der Waals surface area contributed by atoms with Crippen LogP contribution >= 0.6 is 0 Å². The summed E-state index contributed by atoms with van der Waals surface area (Å²) in [6.07, 6.45) is 7.30. The molecule has 0 saturated heterocycles. The lowest BCUT2D eigenvalue weighted by atomic mass is 10.1. The molecule has 0 aliphatic rings. The van der Waals surface area contributed by atoms with Crippen LogP contribution in [-0.4, -0.2) is 23.3 Å².